The molecule has 0 aliphatic carbocycles. The van der Waals surface area contributed by atoms with E-state index in [2.05, 4.69) is 5.32 Å². The lowest BCUT2D eigenvalue weighted by atomic mass is 9.98. The van der Waals surface area contributed by atoms with E-state index >= 15 is 0 Å². The molecule has 0 radical (unpaired) electrons. The highest BCUT2D eigenvalue weighted by Gasteiger charge is 2.35. The lowest BCUT2D eigenvalue weighted by Gasteiger charge is -2.24. The molecule has 2 amide bonds. The van der Waals surface area contributed by atoms with Gasteiger partial charge in [-0.1, -0.05) is 26.3 Å². The van der Waals surface area contributed by atoms with Crippen molar-refractivity contribution in [3.05, 3.63) is 23.8 Å². The first kappa shape index (κ1) is 18.5. The highest BCUT2D eigenvalue weighted by atomic mass is 16.7. The van der Waals surface area contributed by atoms with E-state index in [0.717, 1.165) is 12.0 Å². The third kappa shape index (κ3) is 3.93. The third-order valence-corrected chi connectivity index (χ3v) is 5.25. The molecule has 26 heavy (non-hydrogen) atoms. The number of hydrogen-bond donors (Lipinski definition) is 2. The van der Waals surface area contributed by atoms with Crippen molar-refractivity contribution in [2.75, 3.05) is 19.9 Å². The molecule has 1 saturated heterocycles. The number of ether oxygens (including phenoxy) is 2. The van der Waals surface area contributed by atoms with Gasteiger partial charge >= 0.3 is 0 Å². The zero-order valence-electron chi connectivity index (χ0n) is 15.2. The number of benzene rings is 1. The molecule has 3 rings (SSSR count). The number of hydrogen-bond acceptors (Lipinski definition) is 5. The van der Waals surface area contributed by atoms with Crippen LogP contribution in [0.25, 0.3) is 0 Å². The van der Waals surface area contributed by atoms with Crippen molar-refractivity contribution in [1.82, 2.24) is 10.2 Å². The minimum atomic E-state index is -0.380. The number of amides is 2. The molecule has 2 N–H and O–H groups in total. The average molecular weight is 362 g/mol. The van der Waals surface area contributed by atoms with Gasteiger partial charge in [0.05, 0.1) is 18.6 Å². The Bertz CT molecular complexity index is 678. The Morgan fingerprint density at radius 3 is 2.88 bits per heavy atom. The molecule has 2 aliphatic heterocycles. The Kier molecular flexibility index (Phi) is 5.66. The zero-order valence-corrected chi connectivity index (χ0v) is 15.2. The molecule has 142 valence electrons. The van der Waals surface area contributed by atoms with Crippen LogP contribution in [0.5, 0.6) is 11.5 Å². The predicted octanol–water partition coefficient (Wildman–Crippen LogP) is 1.29. The van der Waals surface area contributed by atoms with Crippen LogP contribution in [-0.2, 0) is 16.1 Å². The summed E-state index contributed by atoms with van der Waals surface area (Å²) in [6.45, 7) is 4.96. The second-order valence-corrected chi connectivity index (χ2v) is 7.05. The van der Waals surface area contributed by atoms with Gasteiger partial charge in [-0.05, 0) is 23.6 Å². The van der Waals surface area contributed by atoms with Crippen LogP contribution in [0.3, 0.4) is 0 Å². The summed E-state index contributed by atoms with van der Waals surface area (Å²) < 4.78 is 10.7. The van der Waals surface area contributed by atoms with Crippen LogP contribution in [0, 0.1) is 11.8 Å². The van der Waals surface area contributed by atoms with Crippen molar-refractivity contribution in [2.45, 2.75) is 39.3 Å². The molecular formula is C19H26N2O5. The average Bonchev–Trinajstić information content (AvgIpc) is 3.25. The molecule has 1 fully saturated rings. The van der Waals surface area contributed by atoms with E-state index < -0.39 is 0 Å². The smallest absolute Gasteiger partial charge is 0.231 e. The van der Waals surface area contributed by atoms with E-state index in [4.69, 9.17) is 9.47 Å². The molecule has 2 aliphatic rings. The summed E-state index contributed by atoms with van der Waals surface area (Å²) in [5.41, 5.74) is 0.941. The van der Waals surface area contributed by atoms with E-state index in [1.165, 1.54) is 0 Å². The first-order chi connectivity index (χ1) is 12.5. The second kappa shape index (κ2) is 7.95. The van der Waals surface area contributed by atoms with Crippen LogP contribution >= 0.6 is 0 Å². The fraction of sp³-hybridized carbons (Fsp3) is 0.579. The number of aliphatic hydroxyl groups excluding tert-OH is 1. The van der Waals surface area contributed by atoms with Crippen LogP contribution in [0.1, 0.15) is 32.3 Å². The van der Waals surface area contributed by atoms with Crippen LogP contribution < -0.4 is 14.8 Å². The summed E-state index contributed by atoms with van der Waals surface area (Å²) in [4.78, 5) is 26.5. The third-order valence-electron chi connectivity index (χ3n) is 5.25. The molecule has 1 aromatic rings. The summed E-state index contributed by atoms with van der Waals surface area (Å²) in [6, 6.07) is 5.33. The van der Waals surface area contributed by atoms with Gasteiger partial charge < -0.3 is 24.8 Å². The lowest BCUT2D eigenvalue weighted by molar-refractivity contribution is -0.129. The monoisotopic (exact) mass is 362 g/mol. The van der Waals surface area contributed by atoms with Crippen molar-refractivity contribution >= 4 is 11.8 Å². The van der Waals surface area contributed by atoms with Crippen LogP contribution in [-0.4, -0.2) is 47.8 Å². The second-order valence-electron chi connectivity index (χ2n) is 7.05. The van der Waals surface area contributed by atoms with Crippen molar-refractivity contribution in [3.63, 3.8) is 0 Å². The van der Waals surface area contributed by atoms with Gasteiger partial charge in [-0.2, -0.15) is 0 Å². The van der Waals surface area contributed by atoms with E-state index in [-0.39, 0.29) is 49.5 Å². The van der Waals surface area contributed by atoms with Gasteiger partial charge in [0.1, 0.15) is 0 Å². The van der Waals surface area contributed by atoms with E-state index in [0.29, 0.717) is 24.6 Å². The fourth-order valence-corrected chi connectivity index (χ4v) is 3.31. The topological polar surface area (TPSA) is 88.1 Å². The summed E-state index contributed by atoms with van der Waals surface area (Å²) >= 11 is 0. The van der Waals surface area contributed by atoms with Crippen molar-refractivity contribution in [1.29, 1.82) is 0 Å². The highest BCUT2D eigenvalue weighted by Crippen LogP contribution is 2.33. The number of nitrogens with one attached hydrogen (secondary N) is 1. The number of aliphatic hydroxyl groups is 1. The number of carbonyl (C=O) groups excluding carboxylic acids is 2. The van der Waals surface area contributed by atoms with Gasteiger partial charge in [0.25, 0.3) is 0 Å². The summed E-state index contributed by atoms with van der Waals surface area (Å²) in [5, 5.41) is 12.4. The summed E-state index contributed by atoms with van der Waals surface area (Å²) in [7, 11) is 0. The first-order valence-corrected chi connectivity index (χ1v) is 9.09. The minimum absolute atomic E-state index is 0.0353. The normalized spacial score (nSPS) is 21.0. The van der Waals surface area contributed by atoms with Gasteiger partial charge in [-0.25, -0.2) is 0 Å². The maximum absolute atomic E-state index is 12.5. The Labute approximate surface area is 153 Å². The van der Waals surface area contributed by atoms with Gasteiger partial charge in [0.15, 0.2) is 11.5 Å². The number of nitrogens with zero attached hydrogens (tertiary/aromatic N) is 1. The fourth-order valence-electron chi connectivity index (χ4n) is 3.31. The Morgan fingerprint density at radius 1 is 1.38 bits per heavy atom. The van der Waals surface area contributed by atoms with Crippen molar-refractivity contribution in [3.8, 4) is 11.5 Å². The molecular weight excluding hydrogens is 336 g/mol. The predicted molar refractivity (Wildman–Crippen MR) is 94.6 cm³/mol. The molecule has 7 heteroatoms. The first-order valence-electron chi connectivity index (χ1n) is 9.09. The molecule has 0 spiro atoms. The molecule has 3 atom stereocenters. The molecule has 1 aromatic carbocycles. The van der Waals surface area contributed by atoms with E-state index in [9.17, 15) is 14.7 Å². The molecule has 0 unspecified atom stereocenters. The largest absolute Gasteiger partial charge is 0.454 e. The van der Waals surface area contributed by atoms with Gasteiger partial charge in [-0.15, -0.1) is 0 Å². The SMILES string of the molecule is CC[C@@H](C)[C@@H](CO)NC(=O)[C@@H]1CC(=O)N(Cc2ccc3c(c2)OCO3)C1. The Hall–Kier alpha value is -2.28. The number of carbonyl (C=O) groups is 2. The molecule has 0 saturated carbocycles. The number of rotatable bonds is 7. The van der Waals surface area contributed by atoms with Gasteiger partial charge in [0.2, 0.25) is 18.6 Å². The van der Waals surface area contributed by atoms with Crippen molar-refractivity contribution < 1.29 is 24.2 Å². The van der Waals surface area contributed by atoms with Crippen LogP contribution in [0.4, 0.5) is 0 Å². The molecule has 7 nitrogen and oxygen atoms in total. The maximum atomic E-state index is 12.5. The van der Waals surface area contributed by atoms with Crippen LogP contribution in [0.15, 0.2) is 18.2 Å². The molecule has 0 aromatic heterocycles. The van der Waals surface area contributed by atoms with Gasteiger partial charge in [0, 0.05) is 19.5 Å². The van der Waals surface area contributed by atoms with Crippen molar-refractivity contribution in [2.24, 2.45) is 11.8 Å². The minimum Gasteiger partial charge on any atom is -0.454 e. The zero-order chi connectivity index (χ0) is 18.7. The lowest BCUT2D eigenvalue weighted by Crippen LogP contribution is -2.45. The van der Waals surface area contributed by atoms with E-state index in [1.807, 2.05) is 32.0 Å². The quantitative estimate of drug-likeness (QED) is 0.763. The summed E-state index contributed by atoms with van der Waals surface area (Å²) in [6.07, 6.45) is 1.07. The number of likely N-dealkylation sites (tertiary alicyclic amines) is 1. The molecule has 2 heterocycles. The Balaban J connectivity index is 1.58. The van der Waals surface area contributed by atoms with Crippen LogP contribution in [0.2, 0.25) is 0 Å². The highest BCUT2D eigenvalue weighted by molar-refractivity contribution is 5.89. The summed E-state index contributed by atoms with van der Waals surface area (Å²) in [5.74, 6) is 1.000. The van der Waals surface area contributed by atoms with E-state index in [1.54, 1.807) is 4.90 Å². The molecule has 0 bridgehead atoms. The van der Waals surface area contributed by atoms with Gasteiger partial charge in [-0.3, -0.25) is 9.59 Å². The standard InChI is InChI=1S/C19H26N2O5/c1-3-12(2)15(10-22)20-19(24)14-7-18(23)21(9-14)8-13-4-5-16-17(6-13)26-11-25-16/h4-6,12,14-15,22H,3,7-11H2,1-2H3,(H,20,24)/t12-,14-,15-/m1/s1. The Morgan fingerprint density at radius 2 is 2.15 bits per heavy atom. The maximum Gasteiger partial charge on any atom is 0.231 e. The number of fused-ring (bicyclic) bond motifs is 1.